The maximum Gasteiger partial charge on any atom is 0.230 e. The first kappa shape index (κ1) is 13.6. The van der Waals surface area contributed by atoms with Crippen LogP contribution in [0.15, 0.2) is 24.3 Å². The third-order valence-electron chi connectivity index (χ3n) is 3.39. The number of hydrogen-bond acceptors (Lipinski definition) is 3. The first-order chi connectivity index (χ1) is 8.79. The lowest BCUT2D eigenvalue weighted by atomic mass is 9.86. The molecule has 0 spiro atoms. The highest BCUT2D eigenvalue weighted by atomic mass is 16.2. The Morgan fingerprint density at radius 1 is 1.16 bits per heavy atom. The van der Waals surface area contributed by atoms with E-state index in [-0.39, 0.29) is 17.7 Å². The summed E-state index contributed by atoms with van der Waals surface area (Å²) in [4.78, 5) is 25.8. The van der Waals surface area contributed by atoms with Gasteiger partial charge in [0.25, 0.3) is 0 Å². The Morgan fingerprint density at radius 3 is 2.21 bits per heavy atom. The number of imide groups is 1. The number of anilines is 1. The van der Waals surface area contributed by atoms with Gasteiger partial charge in [-0.2, -0.15) is 0 Å². The SMILES string of the molecule is CC(C)(C)N1C(=O)CC(c2cccc(N)c2)CC1=O. The van der Waals surface area contributed by atoms with Crippen LogP contribution in [-0.4, -0.2) is 22.3 Å². The summed E-state index contributed by atoms with van der Waals surface area (Å²) in [5.41, 5.74) is 6.93. The van der Waals surface area contributed by atoms with Crippen molar-refractivity contribution in [2.75, 3.05) is 5.73 Å². The summed E-state index contributed by atoms with van der Waals surface area (Å²) in [6.45, 7) is 5.64. The van der Waals surface area contributed by atoms with Gasteiger partial charge in [-0.15, -0.1) is 0 Å². The van der Waals surface area contributed by atoms with Crippen molar-refractivity contribution in [2.45, 2.75) is 45.1 Å². The molecule has 1 aromatic carbocycles. The summed E-state index contributed by atoms with van der Waals surface area (Å²) in [6.07, 6.45) is 0.735. The van der Waals surface area contributed by atoms with Gasteiger partial charge < -0.3 is 5.73 Å². The molecule has 0 bridgehead atoms. The lowest BCUT2D eigenvalue weighted by Crippen LogP contribution is -2.52. The van der Waals surface area contributed by atoms with E-state index in [0.717, 1.165) is 5.56 Å². The third-order valence-corrected chi connectivity index (χ3v) is 3.39. The van der Waals surface area contributed by atoms with Crippen LogP contribution in [0.4, 0.5) is 5.69 Å². The van der Waals surface area contributed by atoms with Crippen LogP contribution in [-0.2, 0) is 9.59 Å². The minimum Gasteiger partial charge on any atom is -0.399 e. The molecule has 1 heterocycles. The lowest BCUT2D eigenvalue weighted by Gasteiger charge is -2.39. The van der Waals surface area contributed by atoms with E-state index in [2.05, 4.69) is 0 Å². The van der Waals surface area contributed by atoms with E-state index < -0.39 is 5.54 Å². The van der Waals surface area contributed by atoms with Crippen molar-refractivity contribution in [3.63, 3.8) is 0 Å². The molecular weight excluding hydrogens is 240 g/mol. The predicted molar refractivity (Wildman–Crippen MR) is 74.4 cm³/mol. The summed E-state index contributed by atoms with van der Waals surface area (Å²) >= 11 is 0. The molecule has 2 amide bonds. The molecule has 0 aromatic heterocycles. The normalized spacial score (nSPS) is 17.9. The minimum absolute atomic E-state index is 0.0536. The average molecular weight is 260 g/mol. The van der Waals surface area contributed by atoms with E-state index >= 15 is 0 Å². The molecule has 1 aromatic rings. The molecule has 19 heavy (non-hydrogen) atoms. The van der Waals surface area contributed by atoms with Gasteiger partial charge in [0.05, 0.1) is 0 Å². The van der Waals surface area contributed by atoms with E-state index in [0.29, 0.717) is 18.5 Å². The number of hydrogen-bond donors (Lipinski definition) is 1. The quantitative estimate of drug-likeness (QED) is 0.622. The van der Waals surface area contributed by atoms with Crippen LogP contribution in [0.1, 0.15) is 45.1 Å². The second-order valence-electron chi connectivity index (χ2n) is 6.07. The highest BCUT2D eigenvalue weighted by Crippen LogP contribution is 2.33. The second-order valence-corrected chi connectivity index (χ2v) is 6.07. The van der Waals surface area contributed by atoms with Gasteiger partial charge in [-0.05, 0) is 38.5 Å². The summed E-state index contributed by atoms with van der Waals surface area (Å²) in [6, 6.07) is 7.43. The molecule has 1 saturated heterocycles. The zero-order valence-corrected chi connectivity index (χ0v) is 11.6. The Hall–Kier alpha value is -1.84. The Kier molecular flexibility index (Phi) is 3.35. The van der Waals surface area contributed by atoms with Gasteiger partial charge in [0.2, 0.25) is 11.8 Å². The van der Waals surface area contributed by atoms with Gasteiger partial charge >= 0.3 is 0 Å². The number of nitrogen functional groups attached to an aromatic ring is 1. The fraction of sp³-hybridized carbons (Fsp3) is 0.467. The predicted octanol–water partition coefficient (Wildman–Crippen LogP) is 2.30. The number of carbonyl (C=O) groups is 2. The Morgan fingerprint density at radius 2 is 1.74 bits per heavy atom. The Labute approximate surface area is 113 Å². The van der Waals surface area contributed by atoms with Crippen molar-refractivity contribution in [1.29, 1.82) is 0 Å². The van der Waals surface area contributed by atoms with Crippen LogP contribution in [0.2, 0.25) is 0 Å². The molecule has 4 heteroatoms. The molecule has 2 N–H and O–H groups in total. The first-order valence-corrected chi connectivity index (χ1v) is 6.50. The van der Waals surface area contributed by atoms with Crippen LogP contribution in [0.5, 0.6) is 0 Å². The first-order valence-electron chi connectivity index (χ1n) is 6.50. The summed E-state index contributed by atoms with van der Waals surface area (Å²) < 4.78 is 0. The highest BCUT2D eigenvalue weighted by molar-refractivity contribution is 5.99. The van der Waals surface area contributed by atoms with Gasteiger partial charge in [-0.1, -0.05) is 12.1 Å². The molecule has 0 unspecified atom stereocenters. The Balaban J connectivity index is 2.23. The molecule has 0 atom stereocenters. The van der Waals surface area contributed by atoms with E-state index in [1.54, 1.807) is 6.07 Å². The minimum atomic E-state index is -0.450. The number of likely N-dealkylation sites (tertiary alicyclic amines) is 1. The van der Waals surface area contributed by atoms with E-state index in [4.69, 9.17) is 5.73 Å². The van der Waals surface area contributed by atoms with Crippen molar-refractivity contribution in [1.82, 2.24) is 4.90 Å². The lowest BCUT2D eigenvalue weighted by molar-refractivity contribution is -0.154. The molecule has 0 radical (unpaired) electrons. The monoisotopic (exact) mass is 260 g/mol. The van der Waals surface area contributed by atoms with Gasteiger partial charge in [-0.25, -0.2) is 0 Å². The Bertz CT molecular complexity index is 499. The number of piperidine rings is 1. The van der Waals surface area contributed by atoms with Gasteiger partial charge in [0.15, 0.2) is 0 Å². The topological polar surface area (TPSA) is 63.4 Å². The number of amides is 2. The van der Waals surface area contributed by atoms with Crippen LogP contribution in [0, 0.1) is 0 Å². The second kappa shape index (κ2) is 4.68. The van der Waals surface area contributed by atoms with E-state index in [9.17, 15) is 9.59 Å². The maximum absolute atomic E-state index is 12.2. The molecule has 1 fully saturated rings. The molecule has 2 rings (SSSR count). The number of carbonyl (C=O) groups excluding carboxylic acids is 2. The van der Waals surface area contributed by atoms with Crippen molar-refractivity contribution in [2.24, 2.45) is 0 Å². The van der Waals surface area contributed by atoms with Crippen molar-refractivity contribution in [3.8, 4) is 0 Å². The molecule has 1 aliphatic rings. The third kappa shape index (κ3) is 2.78. The van der Waals surface area contributed by atoms with Crippen LogP contribution < -0.4 is 5.73 Å². The zero-order chi connectivity index (χ0) is 14.2. The number of benzene rings is 1. The molecule has 102 valence electrons. The maximum atomic E-state index is 12.2. The van der Waals surface area contributed by atoms with Crippen LogP contribution >= 0.6 is 0 Å². The number of nitrogens with zero attached hydrogens (tertiary/aromatic N) is 1. The number of rotatable bonds is 1. The summed E-state index contributed by atoms with van der Waals surface area (Å²) in [7, 11) is 0. The van der Waals surface area contributed by atoms with Crippen LogP contribution in [0.25, 0.3) is 0 Å². The molecule has 4 nitrogen and oxygen atoms in total. The summed E-state index contributed by atoms with van der Waals surface area (Å²) in [5, 5.41) is 0. The molecule has 1 aliphatic heterocycles. The van der Waals surface area contributed by atoms with Crippen LogP contribution in [0.3, 0.4) is 0 Å². The molecular formula is C15H20N2O2. The van der Waals surface area contributed by atoms with Crippen molar-refractivity contribution in [3.05, 3.63) is 29.8 Å². The highest BCUT2D eigenvalue weighted by Gasteiger charge is 2.39. The molecule has 0 aliphatic carbocycles. The average Bonchev–Trinajstić information content (AvgIpc) is 2.25. The molecule has 0 saturated carbocycles. The summed E-state index contributed by atoms with van der Waals surface area (Å²) in [5.74, 6) is -0.255. The zero-order valence-electron chi connectivity index (χ0n) is 11.6. The standard InChI is InChI=1S/C15H20N2O2/c1-15(2,3)17-13(18)8-11(9-14(17)19)10-5-4-6-12(16)7-10/h4-7,11H,8-9,16H2,1-3H3. The fourth-order valence-corrected chi connectivity index (χ4v) is 2.61. The van der Waals surface area contributed by atoms with Gasteiger partial charge in [0, 0.05) is 30.0 Å². The smallest absolute Gasteiger partial charge is 0.230 e. The van der Waals surface area contributed by atoms with Crippen molar-refractivity contribution < 1.29 is 9.59 Å². The van der Waals surface area contributed by atoms with Gasteiger partial charge in [-0.3, -0.25) is 14.5 Å². The number of nitrogens with two attached hydrogens (primary N) is 1. The fourth-order valence-electron chi connectivity index (χ4n) is 2.61. The van der Waals surface area contributed by atoms with Crippen molar-refractivity contribution >= 4 is 17.5 Å². The van der Waals surface area contributed by atoms with E-state index in [1.165, 1.54) is 4.90 Å². The largest absolute Gasteiger partial charge is 0.399 e. The van der Waals surface area contributed by atoms with Gasteiger partial charge in [0.1, 0.15) is 0 Å². The van der Waals surface area contributed by atoms with E-state index in [1.807, 2.05) is 39.0 Å².